The third-order valence-corrected chi connectivity index (χ3v) is 7.02. The average Bonchev–Trinajstić information content (AvgIpc) is 3.28. The van der Waals surface area contributed by atoms with E-state index in [0.717, 1.165) is 32.1 Å². The molecule has 1 aliphatic carbocycles. The zero-order valence-corrected chi connectivity index (χ0v) is 18.0. The summed E-state index contributed by atoms with van der Waals surface area (Å²) in [6.45, 7) is 2.33. The van der Waals surface area contributed by atoms with Gasteiger partial charge in [-0.3, -0.25) is 14.4 Å². The minimum Gasteiger partial charge on any atom is -0.355 e. The van der Waals surface area contributed by atoms with E-state index in [0.29, 0.717) is 45.4 Å². The molecule has 2 N–H and O–H groups in total. The van der Waals surface area contributed by atoms with E-state index in [9.17, 15) is 14.4 Å². The smallest absolute Gasteiger partial charge is 0.224 e. The first-order valence-corrected chi connectivity index (χ1v) is 11.9. The monoisotopic (exact) mass is 419 g/mol. The van der Waals surface area contributed by atoms with Crippen LogP contribution >= 0.6 is 11.3 Å². The van der Waals surface area contributed by atoms with Crippen molar-refractivity contribution in [1.82, 2.24) is 15.5 Å². The number of carbonyl (C=O) groups excluding carboxylic acids is 3. The van der Waals surface area contributed by atoms with Gasteiger partial charge in [-0.05, 0) is 43.6 Å². The Labute approximate surface area is 177 Å². The maximum atomic E-state index is 12.4. The molecular formula is C22H33N3O3S. The van der Waals surface area contributed by atoms with E-state index in [1.807, 2.05) is 16.3 Å². The summed E-state index contributed by atoms with van der Waals surface area (Å²) in [5.74, 6) is 0.413. The fraction of sp³-hybridized carbons (Fsp3) is 0.682. The topological polar surface area (TPSA) is 78.5 Å². The van der Waals surface area contributed by atoms with Gasteiger partial charge >= 0.3 is 0 Å². The van der Waals surface area contributed by atoms with Crippen molar-refractivity contribution < 1.29 is 14.4 Å². The van der Waals surface area contributed by atoms with Crippen LogP contribution in [0.5, 0.6) is 0 Å². The van der Waals surface area contributed by atoms with Crippen molar-refractivity contribution in [1.29, 1.82) is 0 Å². The highest BCUT2D eigenvalue weighted by molar-refractivity contribution is 7.09. The van der Waals surface area contributed by atoms with E-state index in [2.05, 4.69) is 16.7 Å². The Bertz CT molecular complexity index is 663. The summed E-state index contributed by atoms with van der Waals surface area (Å²) in [4.78, 5) is 40.0. The highest BCUT2D eigenvalue weighted by Crippen LogP contribution is 2.23. The van der Waals surface area contributed by atoms with Crippen molar-refractivity contribution in [2.24, 2.45) is 11.8 Å². The largest absolute Gasteiger partial charge is 0.355 e. The number of thiophene rings is 1. The molecule has 2 aliphatic rings. The van der Waals surface area contributed by atoms with Crippen LogP contribution in [0.2, 0.25) is 0 Å². The van der Waals surface area contributed by atoms with Crippen molar-refractivity contribution in [2.75, 3.05) is 26.2 Å². The lowest BCUT2D eigenvalue weighted by Gasteiger charge is -2.31. The van der Waals surface area contributed by atoms with Gasteiger partial charge in [0.05, 0.1) is 0 Å². The normalized spacial score (nSPS) is 18.4. The lowest BCUT2D eigenvalue weighted by Crippen LogP contribution is -2.44. The molecule has 0 spiro atoms. The Kier molecular flexibility index (Phi) is 8.52. The van der Waals surface area contributed by atoms with E-state index in [1.165, 1.54) is 11.3 Å². The molecule has 1 aliphatic heterocycles. The second kappa shape index (κ2) is 11.3. The number of rotatable bonds is 8. The number of hydrogen-bond donors (Lipinski definition) is 2. The number of hydrogen-bond acceptors (Lipinski definition) is 4. The summed E-state index contributed by atoms with van der Waals surface area (Å²) < 4.78 is 0. The lowest BCUT2D eigenvalue weighted by molar-refractivity contribution is -0.135. The van der Waals surface area contributed by atoms with Crippen molar-refractivity contribution in [3.05, 3.63) is 22.4 Å². The Hall–Kier alpha value is -1.89. The van der Waals surface area contributed by atoms with Crippen LogP contribution in [0.25, 0.3) is 0 Å². The average molecular weight is 420 g/mol. The van der Waals surface area contributed by atoms with Crippen molar-refractivity contribution in [2.45, 2.75) is 57.8 Å². The van der Waals surface area contributed by atoms with Gasteiger partial charge in [-0.1, -0.05) is 25.3 Å². The fourth-order valence-electron chi connectivity index (χ4n) is 4.26. The summed E-state index contributed by atoms with van der Waals surface area (Å²) in [5.41, 5.74) is 0. The minimum atomic E-state index is -0.00612. The number of piperidine rings is 1. The van der Waals surface area contributed by atoms with Crippen molar-refractivity contribution in [3.8, 4) is 0 Å². The number of amides is 3. The van der Waals surface area contributed by atoms with Gasteiger partial charge in [-0.15, -0.1) is 11.3 Å². The zero-order chi connectivity index (χ0) is 20.5. The van der Waals surface area contributed by atoms with Crippen LogP contribution in [-0.4, -0.2) is 48.8 Å². The van der Waals surface area contributed by atoms with Crippen molar-refractivity contribution >= 4 is 29.1 Å². The van der Waals surface area contributed by atoms with Crippen LogP contribution in [0, 0.1) is 11.8 Å². The molecule has 0 unspecified atom stereocenters. The molecular weight excluding hydrogens is 386 g/mol. The molecule has 0 bridgehead atoms. The van der Waals surface area contributed by atoms with E-state index in [1.54, 1.807) is 11.3 Å². The summed E-state index contributed by atoms with van der Waals surface area (Å²) >= 11 is 1.71. The first-order chi connectivity index (χ1) is 14.1. The molecule has 0 atom stereocenters. The minimum absolute atomic E-state index is 0.00612. The molecule has 3 rings (SSSR count). The van der Waals surface area contributed by atoms with Crippen LogP contribution < -0.4 is 10.6 Å². The SMILES string of the molecule is O=C(NCCC(=O)N1CCC(C(=O)NCCc2cccs2)CC1)C1CCCCC1. The second-order valence-electron chi connectivity index (χ2n) is 8.15. The van der Waals surface area contributed by atoms with Gasteiger partial charge in [-0.2, -0.15) is 0 Å². The van der Waals surface area contributed by atoms with Gasteiger partial charge in [0.25, 0.3) is 0 Å². The van der Waals surface area contributed by atoms with Crippen LogP contribution in [0.15, 0.2) is 17.5 Å². The quantitative estimate of drug-likeness (QED) is 0.680. The van der Waals surface area contributed by atoms with Gasteiger partial charge in [0.1, 0.15) is 0 Å². The first kappa shape index (κ1) is 21.8. The Morgan fingerprint density at radius 1 is 0.931 bits per heavy atom. The highest BCUT2D eigenvalue weighted by atomic mass is 32.1. The number of carbonyl (C=O) groups is 3. The zero-order valence-electron chi connectivity index (χ0n) is 17.2. The van der Waals surface area contributed by atoms with Gasteiger partial charge in [0.2, 0.25) is 17.7 Å². The van der Waals surface area contributed by atoms with Crippen LogP contribution in [-0.2, 0) is 20.8 Å². The summed E-state index contributed by atoms with van der Waals surface area (Å²) in [7, 11) is 0. The van der Waals surface area contributed by atoms with Gasteiger partial charge in [0.15, 0.2) is 0 Å². The maximum absolute atomic E-state index is 12.4. The predicted molar refractivity (Wildman–Crippen MR) is 115 cm³/mol. The predicted octanol–water partition coefficient (Wildman–Crippen LogP) is 2.73. The summed E-state index contributed by atoms with van der Waals surface area (Å²) in [5, 5.41) is 8.01. The Morgan fingerprint density at radius 3 is 2.24 bits per heavy atom. The van der Waals surface area contributed by atoms with Crippen LogP contribution in [0.3, 0.4) is 0 Å². The van der Waals surface area contributed by atoms with Gasteiger partial charge in [0, 0.05) is 49.3 Å². The first-order valence-electron chi connectivity index (χ1n) is 11.0. The molecule has 160 valence electrons. The molecule has 3 amide bonds. The summed E-state index contributed by atoms with van der Waals surface area (Å²) in [6, 6.07) is 4.11. The molecule has 2 heterocycles. The molecule has 2 fully saturated rings. The molecule has 0 aromatic carbocycles. The molecule has 7 heteroatoms. The van der Waals surface area contributed by atoms with E-state index in [4.69, 9.17) is 0 Å². The van der Waals surface area contributed by atoms with Crippen LogP contribution in [0.1, 0.15) is 56.2 Å². The molecule has 1 aromatic rings. The fourth-order valence-corrected chi connectivity index (χ4v) is 4.97. The van der Waals surface area contributed by atoms with Gasteiger partial charge in [-0.25, -0.2) is 0 Å². The Balaban J connectivity index is 1.28. The van der Waals surface area contributed by atoms with Crippen molar-refractivity contribution in [3.63, 3.8) is 0 Å². The van der Waals surface area contributed by atoms with E-state index < -0.39 is 0 Å². The number of likely N-dealkylation sites (tertiary alicyclic amines) is 1. The third kappa shape index (κ3) is 6.84. The molecule has 1 saturated heterocycles. The van der Waals surface area contributed by atoms with E-state index in [-0.39, 0.29) is 29.6 Å². The maximum Gasteiger partial charge on any atom is 0.224 e. The second-order valence-corrected chi connectivity index (χ2v) is 9.18. The molecule has 29 heavy (non-hydrogen) atoms. The van der Waals surface area contributed by atoms with Crippen LogP contribution in [0.4, 0.5) is 0 Å². The standard InChI is InChI=1S/C22H33N3O3S/c26-20(9-13-24-21(27)17-5-2-1-3-6-17)25-14-10-18(11-15-25)22(28)23-12-8-19-7-4-16-29-19/h4,7,16-18H,1-3,5-6,8-15H2,(H,23,28)(H,24,27). The molecule has 6 nitrogen and oxygen atoms in total. The van der Waals surface area contributed by atoms with Gasteiger partial charge < -0.3 is 15.5 Å². The highest BCUT2D eigenvalue weighted by Gasteiger charge is 2.27. The molecule has 1 aromatic heterocycles. The molecule has 0 radical (unpaired) electrons. The number of nitrogens with zero attached hydrogens (tertiary/aromatic N) is 1. The molecule has 1 saturated carbocycles. The summed E-state index contributed by atoms with van der Waals surface area (Å²) in [6.07, 6.45) is 8.08. The Morgan fingerprint density at radius 2 is 1.59 bits per heavy atom. The third-order valence-electron chi connectivity index (χ3n) is 6.08. The number of nitrogens with one attached hydrogen (secondary N) is 2. The lowest BCUT2D eigenvalue weighted by atomic mass is 9.89. The van der Waals surface area contributed by atoms with E-state index >= 15 is 0 Å².